The molecule has 1 amide bonds. The third-order valence-corrected chi connectivity index (χ3v) is 3.71. The van der Waals surface area contributed by atoms with Gasteiger partial charge in [-0.05, 0) is 34.2 Å². The van der Waals surface area contributed by atoms with Crippen LogP contribution in [0, 0.1) is 0 Å². The van der Waals surface area contributed by atoms with Gasteiger partial charge in [-0.25, -0.2) is 0 Å². The molecule has 2 N–H and O–H groups in total. The molecule has 0 saturated carbocycles. The molecule has 22 heavy (non-hydrogen) atoms. The first-order chi connectivity index (χ1) is 10.8. The van der Waals surface area contributed by atoms with E-state index in [1.165, 1.54) is 4.63 Å². The highest BCUT2D eigenvalue weighted by Crippen LogP contribution is 2.31. The van der Waals surface area contributed by atoms with Crippen LogP contribution in [0.1, 0.15) is 17.9 Å². The lowest BCUT2D eigenvalue weighted by molar-refractivity contribution is -0.116. The quantitative estimate of drug-likeness (QED) is 0.750. The van der Waals surface area contributed by atoms with Crippen LogP contribution in [-0.2, 0) is 4.79 Å². The van der Waals surface area contributed by atoms with Gasteiger partial charge in [-0.3, -0.25) is 4.79 Å². The maximum atomic E-state index is 11.8. The topological polar surface area (TPSA) is 97.1 Å². The summed E-state index contributed by atoms with van der Waals surface area (Å²) in [7, 11) is 0. The number of nitrogens with one attached hydrogen (secondary N) is 2. The average molecular weight is 295 g/mol. The second-order valence-electron chi connectivity index (χ2n) is 5.16. The number of hydrogen-bond donors (Lipinski definition) is 2. The molecular weight excluding hydrogens is 282 g/mol. The fourth-order valence-corrected chi connectivity index (χ4v) is 2.66. The smallest absolute Gasteiger partial charge is 0.225 e. The molecule has 0 saturated heterocycles. The number of tetrazole rings is 1. The number of para-hydroxylation sites is 1. The van der Waals surface area contributed by atoms with Gasteiger partial charge < -0.3 is 10.6 Å². The van der Waals surface area contributed by atoms with Crippen LogP contribution in [0.2, 0.25) is 0 Å². The van der Waals surface area contributed by atoms with Gasteiger partial charge in [0.1, 0.15) is 5.82 Å². The van der Waals surface area contributed by atoms with Crippen LogP contribution in [0.4, 0.5) is 11.5 Å². The van der Waals surface area contributed by atoms with Crippen molar-refractivity contribution in [1.82, 2.24) is 25.3 Å². The molecule has 1 aliphatic heterocycles. The number of aromatic nitrogens is 5. The fourth-order valence-electron chi connectivity index (χ4n) is 2.66. The van der Waals surface area contributed by atoms with E-state index in [0.29, 0.717) is 24.4 Å². The zero-order chi connectivity index (χ0) is 14.9. The Hall–Kier alpha value is -3.03. The molecule has 0 unspecified atom stereocenters. The summed E-state index contributed by atoms with van der Waals surface area (Å²) in [5, 5.41) is 21.5. The number of benzene rings is 1. The number of amides is 1. The minimum Gasteiger partial charge on any atom is -0.368 e. The Kier molecular flexibility index (Phi) is 2.92. The largest absolute Gasteiger partial charge is 0.368 e. The molecule has 0 radical (unpaired) electrons. The zero-order valence-corrected chi connectivity index (χ0v) is 11.6. The molecule has 1 atom stereocenters. The summed E-state index contributed by atoms with van der Waals surface area (Å²) in [6.07, 6.45) is 0.455. The van der Waals surface area contributed by atoms with Crippen molar-refractivity contribution in [2.24, 2.45) is 0 Å². The molecule has 3 heterocycles. The molecule has 1 aromatic carbocycles. The summed E-state index contributed by atoms with van der Waals surface area (Å²) < 4.78 is 1.36. The maximum absolute atomic E-state index is 11.8. The standard InChI is InChI=1S/C14H13N7O/c22-14-7-9(10-3-1-2-4-11(10)16-14)8-15-12-5-6-13-17-19-20-21(13)18-12/h1-6,9H,7-8H2,(H,15,18)(H,16,22)/t9-/m1/s1. The van der Waals surface area contributed by atoms with Crippen molar-refractivity contribution in [3.8, 4) is 0 Å². The lowest BCUT2D eigenvalue weighted by Crippen LogP contribution is -2.27. The number of anilines is 2. The van der Waals surface area contributed by atoms with E-state index in [4.69, 9.17) is 0 Å². The van der Waals surface area contributed by atoms with E-state index in [9.17, 15) is 4.79 Å². The molecule has 110 valence electrons. The van der Waals surface area contributed by atoms with Gasteiger partial charge in [0.15, 0.2) is 5.65 Å². The molecule has 4 rings (SSSR count). The zero-order valence-electron chi connectivity index (χ0n) is 11.6. The van der Waals surface area contributed by atoms with Crippen molar-refractivity contribution in [3.63, 3.8) is 0 Å². The van der Waals surface area contributed by atoms with Gasteiger partial charge in [-0.1, -0.05) is 18.2 Å². The Labute approximate surface area is 125 Å². The molecule has 1 aliphatic rings. The molecule has 0 aliphatic carbocycles. The third-order valence-electron chi connectivity index (χ3n) is 3.71. The van der Waals surface area contributed by atoms with Crippen molar-refractivity contribution in [3.05, 3.63) is 42.0 Å². The van der Waals surface area contributed by atoms with Crippen LogP contribution in [0.3, 0.4) is 0 Å². The first-order valence-corrected chi connectivity index (χ1v) is 6.98. The minimum atomic E-state index is 0.0365. The predicted molar refractivity (Wildman–Crippen MR) is 79.5 cm³/mol. The highest BCUT2D eigenvalue weighted by molar-refractivity contribution is 5.94. The lowest BCUT2D eigenvalue weighted by Gasteiger charge is -2.25. The normalized spacial score (nSPS) is 17.1. The molecule has 8 heteroatoms. The molecular formula is C14H13N7O. The highest BCUT2D eigenvalue weighted by Gasteiger charge is 2.24. The fraction of sp³-hybridized carbons (Fsp3) is 0.214. The first-order valence-electron chi connectivity index (χ1n) is 6.98. The van der Waals surface area contributed by atoms with E-state index in [2.05, 4.69) is 31.3 Å². The van der Waals surface area contributed by atoms with Gasteiger partial charge in [-0.2, -0.15) is 0 Å². The van der Waals surface area contributed by atoms with Crippen LogP contribution >= 0.6 is 0 Å². The minimum absolute atomic E-state index is 0.0365. The van der Waals surface area contributed by atoms with E-state index in [1.807, 2.05) is 30.3 Å². The van der Waals surface area contributed by atoms with Crippen molar-refractivity contribution in [1.29, 1.82) is 0 Å². The SMILES string of the molecule is O=C1C[C@H](CNc2ccc3nnnn3n2)c2ccccc2N1. The number of nitrogens with zero attached hydrogens (tertiary/aromatic N) is 5. The monoisotopic (exact) mass is 295 g/mol. The van der Waals surface area contributed by atoms with Crippen molar-refractivity contribution >= 4 is 23.1 Å². The van der Waals surface area contributed by atoms with E-state index in [1.54, 1.807) is 6.07 Å². The van der Waals surface area contributed by atoms with Crippen LogP contribution in [0.25, 0.3) is 5.65 Å². The number of carbonyl (C=O) groups is 1. The number of carbonyl (C=O) groups excluding carboxylic acids is 1. The molecule has 8 nitrogen and oxygen atoms in total. The van der Waals surface area contributed by atoms with Gasteiger partial charge in [0.05, 0.1) is 0 Å². The maximum Gasteiger partial charge on any atom is 0.225 e. The second-order valence-corrected chi connectivity index (χ2v) is 5.16. The molecule has 3 aromatic rings. The van der Waals surface area contributed by atoms with E-state index >= 15 is 0 Å². The summed E-state index contributed by atoms with van der Waals surface area (Å²) in [4.78, 5) is 11.8. The summed E-state index contributed by atoms with van der Waals surface area (Å²) in [6.45, 7) is 0.616. The van der Waals surface area contributed by atoms with E-state index in [-0.39, 0.29) is 11.8 Å². The van der Waals surface area contributed by atoms with Crippen molar-refractivity contribution < 1.29 is 4.79 Å². The number of rotatable bonds is 3. The Morgan fingerprint density at radius 1 is 1.27 bits per heavy atom. The predicted octanol–water partition coefficient (Wildman–Crippen LogP) is 1.06. The van der Waals surface area contributed by atoms with Crippen LogP contribution in [-0.4, -0.2) is 37.7 Å². The van der Waals surface area contributed by atoms with E-state index in [0.717, 1.165) is 11.3 Å². The van der Waals surface area contributed by atoms with Gasteiger partial charge in [0.25, 0.3) is 0 Å². The molecule has 0 bridgehead atoms. The molecule has 0 fully saturated rings. The average Bonchev–Trinajstić information content (AvgIpc) is 3.00. The Bertz CT molecular complexity index is 844. The number of fused-ring (bicyclic) bond motifs is 2. The van der Waals surface area contributed by atoms with Crippen LogP contribution < -0.4 is 10.6 Å². The first kappa shape index (κ1) is 12.7. The molecule has 0 spiro atoms. The van der Waals surface area contributed by atoms with Crippen molar-refractivity contribution in [2.45, 2.75) is 12.3 Å². The summed E-state index contributed by atoms with van der Waals surface area (Å²) in [6, 6.07) is 11.5. The summed E-state index contributed by atoms with van der Waals surface area (Å²) in [5.74, 6) is 0.814. The lowest BCUT2D eigenvalue weighted by atomic mass is 9.90. The third kappa shape index (κ3) is 2.24. The van der Waals surface area contributed by atoms with Gasteiger partial charge >= 0.3 is 0 Å². The van der Waals surface area contributed by atoms with Crippen LogP contribution in [0.15, 0.2) is 36.4 Å². The summed E-state index contributed by atoms with van der Waals surface area (Å²) >= 11 is 0. The summed E-state index contributed by atoms with van der Waals surface area (Å²) in [5.41, 5.74) is 2.61. The van der Waals surface area contributed by atoms with Crippen molar-refractivity contribution in [2.75, 3.05) is 17.2 Å². The number of hydrogen-bond acceptors (Lipinski definition) is 6. The van der Waals surface area contributed by atoms with Gasteiger partial charge in [0.2, 0.25) is 5.91 Å². The van der Waals surface area contributed by atoms with E-state index < -0.39 is 0 Å². The highest BCUT2D eigenvalue weighted by atomic mass is 16.1. The Morgan fingerprint density at radius 3 is 3.14 bits per heavy atom. The molecule has 2 aromatic heterocycles. The van der Waals surface area contributed by atoms with Crippen LogP contribution in [0.5, 0.6) is 0 Å². The van der Waals surface area contributed by atoms with Gasteiger partial charge in [-0.15, -0.1) is 14.8 Å². The Balaban J connectivity index is 1.54. The Morgan fingerprint density at radius 2 is 2.18 bits per heavy atom. The van der Waals surface area contributed by atoms with Gasteiger partial charge in [0, 0.05) is 24.6 Å². The second kappa shape index (κ2) is 5.06.